The molecule has 0 aliphatic heterocycles. The number of aryl methyl sites for hydroxylation is 2. The van der Waals surface area contributed by atoms with Crippen molar-refractivity contribution in [1.29, 1.82) is 0 Å². The molecule has 2 heterocycles. The van der Waals surface area contributed by atoms with E-state index < -0.39 is 0 Å². The molecule has 0 saturated heterocycles. The molecule has 7 nitrogen and oxygen atoms in total. The number of benzene rings is 1. The molecule has 0 radical (unpaired) electrons. The van der Waals surface area contributed by atoms with Gasteiger partial charge in [0.1, 0.15) is 0 Å². The number of hydrogen-bond acceptors (Lipinski definition) is 6. The van der Waals surface area contributed by atoms with Gasteiger partial charge in [-0.15, -0.1) is 10.2 Å². The summed E-state index contributed by atoms with van der Waals surface area (Å²) >= 11 is 1.39. The van der Waals surface area contributed by atoms with E-state index >= 15 is 0 Å². The zero-order valence-electron chi connectivity index (χ0n) is 17.6. The van der Waals surface area contributed by atoms with E-state index in [-0.39, 0.29) is 11.7 Å². The molecule has 0 fully saturated rings. The summed E-state index contributed by atoms with van der Waals surface area (Å²) in [5.41, 5.74) is 4.05. The highest BCUT2D eigenvalue weighted by molar-refractivity contribution is 7.99. The first-order valence-electron chi connectivity index (χ1n) is 9.97. The van der Waals surface area contributed by atoms with E-state index in [1.807, 2.05) is 41.8 Å². The third kappa shape index (κ3) is 5.46. The monoisotopic (exact) mass is 425 g/mol. The molecule has 3 aromatic rings. The normalized spacial score (nSPS) is 10.9. The number of thioether (sulfide) groups is 1. The molecule has 8 heteroatoms. The lowest BCUT2D eigenvalue weighted by Crippen LogP contribution is -2.17. The van der Waals surface area contributed by atoms with Crippen molar-refractivity contribution < 1.29 is 9.53 Å². The lowest BCUT2D eigenvalue weighted by molar-refractivity contribution is -0.113. The van der Waals surface area contributed by atoms with Crippen LogP contribution in [0.25, 0.3) is 11.4 Å². The number of carbonyl (C=O) groups excluding carboxylic acids is 1. The minimum atomic E-state index is -0.0547. The second kappa shape index (κ2) is 10.9. The van der Waals surface area contributed by atoms with Gasteiger partial charge in [-0.1, -0.05) is 36.9 Å². The molecule has 0 aliphatic rings. The minimum Gasteiger partial charge on any atom is -0.385 e. The third-order valence-electron chi connectivity index (χ3n) is 4.72. The van der Waals surface area contributed by atoms with Crippen molar-refractivity contribution in [3.8, 4) is 11.4 Å². The van der Waals surface area contributed by atoms with Crippen molar-refractivity contribution in [2.45, 2.75) is 38.4 Å². The highest BCUT2D eigenvalue weighted by Crippen LogP contribution is 2.25. The maximum atomic E-state index is 12.6. The molecule has 30 heavy (non-hydrogen) atoms. The topological polar surface area (TPSA) is 81.9 Å². The van der Waals surface area contributed by atoms with Gasteiger partial charge in [0, 0.05) is 43.9 Å². The van der Waals surface area contributed by atoms with Crippen LogP contribution in [0.2, 0.25) is 0 Å². The van der Waals surface area contributed by atoms with Crippen LogP contribution in [-0.2, 0) is 22.5 Å². The van der Waals surface area contributed by atoms with Crippen LogP contribution >= 0.6 is 11.8 Å². The molecule has 1 aromatic carbocycles. The van der Waals surface area contributed by atoms with Crippen molar-refractivity contribution >= 4 is 23.4 Å². The number of methoxy groups -OCH3 is 1. The van der Waals surface area contributed by atoms with Crippen LogP contribution in [0.5, 0.6) is 0 Å². The Morgan fingerprint density at radius 1 is 1.20 bits per heavy atom. The average Bonchev–Trinajstić information content (AvgIpc) is 3.17. The number of nitrogens with one attached hydrogen (secondary N) is 1. The van der Waals surface area contributed by atoms with Gasteiger partial charge in [-0.25, -0.2) is 0 Å². The fraction of sp³-hybridized carbons (Fsp3) is 0.364. The Hall–Kier alpha value is -2.71. The second-order valence-electron chi connectivity index (χ2n) is 6.84. The molecule has 0 saturated carbocycles. The molecule has 0 unspecified atom stereocenters. The molecule has 0 aliphatic carbocycles. The molecule has 1 amide bonds. The van der Waals surface area contributed by atoms with E-state index in [2.05, 4.69) is 27.4 Å². The van der Waals surface area contributed by atoms with Crippen LogP contribution in [0.3, 0.4) is 0 Å². The van der Waals surface area contributed by atoms with Gasteiger partial charge in [-0.3, -0.25) is 9.78 Å². The number of pyridine rings is 1. The second-order valence-corrected chi connectivity index (χ2v) is 7.78. The molecular weight excluding hydrogens is 398 g/mol. The molecule has 1 N–H and O–H groups in total. The van der Waals surface area contributed by atoms with Crippen LogP contribution in [0.15, 0.2) is 47.9 Å². The van der Waals surface area contributed by atoms with E-state index in [1.165, 1.54) is 11.8 Å². The van der Waals surface area contributed by atoms with E-state index in [1.54, 1.807) is 19.5 Å². The van der Waals surface area contributed by atoms with E-state index in [4.69, 9.17) is 4.74 Å². The number of ether oxygens (including phenoxy) is 1. The van der Waals surface area contributed by atoms with Crippen LogP contribution in [0.4, 0.5) is 5.69 Å². The van der Waals surface area contributed by atoms with Crippen LogP contribution in [0.1, 0.15) is 24.5 Å². The van der Waals surface area contributed by atoms with E-state index in [0.717, 1.165) is 41.0 Å². The molecule has 0 atom stereocenters. The molecular formula is C22H27N5O2S. The van der Waals surface area contributed by atoms with E-state index in [0.29, 0.717) is 18.3 Å². The number of amides is 1. The SMILES string of the molecule is CCc1cccc(C)c1NC(=O)CSc1nnc(-c2ccncc2)n1CCCOC. The quantitative estimate of drug-likeness (QED) is 0.391. The Balaban J connectivity index is 1.73. The molecule has 158 valence electrons. The third-order valence-corrected chi connectivity index (χ3v) is 5.69. The zero-order chi connectivity index (χ0) is 21.3. The summed E-state index contributed by atoms with van der Waals surface area (Å²) in [6.45, 7) is 5.45. The number of anilines is 1. The Kier molecular flexibility index (Phi) is 7.98. The van der Waals surface area contributed by atoms with Crippen molar-refractivity contribution in [2.24, 2.45) is 0 Å². The summed E-state index contributed by atoms with van der Waals surface area (Å²) in [4.78, 5) is 16.7. The largest absolute Gasteiger partial charge is 0.385 e. The Labute approximate surface area is 181 Å². The van der Waals surface area contributed by atoms with Gasteiger partial charge in [0.2, 0.25) is 5.91 Å². The molecule has 0 bridgehead atoms. The van der Waals surface area contributed by atoms with Crippen LogP contribution in [-0.4, -0.2) is 45.1 Å². The Morgan fingerprint density at radius 3 is 2.73 bits per heavy atom. The van der Waals surface area contributed by atoms with Gasteiger partial charge in [-0.05, 0) is 43.0 Å². The molecule has 3 rings (SSSR count). The summed E-state index contributed by atoms with van der Waals surface area (Å²) in [5.74, 6) is 0.973. The van der Waals surface area contributed by atoms with Gasteiger partial charge in [0.05, 0.1) is 5.75 Å². The first-order chi connectivity index (χ1) is 14.6. The number of carbonyl (C=O) groups is 1. The number of nitrogens with zero attached hydrogens (tertiary/aromatic N) is 4. The average molecular weight is 426 g/mol. The summed E-state index contributed by atoms with van der Waals surface area (Å²) in [5, 5.41) is 12.5. The van der Waals surface area contributed by atoms with Crippen molar-refractivity contribution in [3.63, 3.8) is 0 Å². The summed E-state index contributed by atoms with van der Waals surface area (Å²) in [6, 6.07) is 9.88. The maximum Gasteiger partial charge on any atom is 0.234 e. The van der Waals surface area contributed by atoms with Crippen molar-refractivity contribution in [2.75, 3.05) is 24.8 Å². The van der Waals surface area contributed by atoms with Crippen molar-refractivity contribution in [1.82, 2.24) is 19.7 Å². The Bertz CT molecular complexity index is 975. The maximum absolute atomic E-state index is 12.6. The molecule has 0 spiro atoms. The minimum absolute atomic E-state index is 0.0547. The van der Waals surface area contributed by atoms with Crippen LogP contribution in [0, 0.1) is 6.92 Å². The van der Waals surface area contributed by atoms with Crippen LogP contribution < -0.4 is 5.32 Å². The predicted molar refractivity (Wildman–Crippen MR) is 120 cm³/mol. The fourth-order valence-electron chi connectivity index (χ4n) is 3.19. The number of rotatable bonds is 10. The lowest BCUT2D eigenvalue weighted by atomic mass is 10.1. The van der Waals surface area contributed by atoms with Crippen molar-refractivity contribution in [3.05, 3.63) is 53.9 Å². The highest BCUT2D eigenvalue weighted by atomic mass is 32.2. The Morgan fingerprint density at radius 2 is 2.00 bits per heavy atom. The summed E-state index contributed by atoms with van der Waals surface area (Å²) in [7, 11) is 1.69. The highest BCUT2D eigenvalue weighted by Gasteiger charge is 2.16. The molecule has 2 aromatic heterocycles. The first kappa shape index (κ1) is 22.0. The first-order valence-corrected chi connectivity index (χ1v) is 11.0. The smallest absolute Gasteiger partial charge is 0.234 e. The standard InChI is InChI=1S/C22H27N5O2S/c1-4-17-8-5-7-16(2)20(17)24-19(28)15-30-22-26-25-21(18-9-11-23-12-10-18)27(22)13-6-14-29-3/h5,7-12H,4,6,13-15H2,1-3H3,(H,24,28). The van der Waals surface area contributed by atoms with Gasteiger partial charge in [-0.2, -0.15) is 0 Å². The fourth-order valence-corrected chi connectivity index (χ4v) is 3.95. The van der Waals surface area contributed by atoms with Gasteiger partial charge >= 0.3 is 0 Å². The number of para-hydroxylation sites is 1. The van der Waals surface area contributed by atoms with Gasteiger partial charge < -0.3 is 14.6 Å². The van der Waals surface area contributed by atoms with Gasteiger partial charge in [0.15, 0.2) is 11.0 Å². The number of hydrogen-bond donors (Lipinski definition) is 1. The van der Waals surface area contributed by atoms with Gasteiger partial charge in [0.25, 0.3) is 0 Å². The summed E-state index contributed by atoms with van der Waals surface area (Å²) < 4.78 is 7.23. The van der Waals surface area contributed by atoms with E-state index in [9.17, 15) is 4.79 Å². The zero-order valence-corrected chi connectivity index (χ0v) is 18.4. The number of aromatic nitrogens is 4. The predicted octanol–water partition coefficient (Wildman–Crippen LogP) is 3.98. The lowest BCUT2D eigenvalue weighted by Gasteiger charge is -2.13. The summed E-state index contributed by atoms with van der Waals surface area (Å²) in [6.07, 6.45) is 5.16.